The van der Waals surface area contributed by atoms with Crippen LogP contribution in [0, 0.1) is 18.6 Å². The van der Waals surface area contributed by atoms with Crippen LogP contribution in [-0.2, 0) is 0 Å². The Hall–Kier alpha value is -3.19. The van der Waals surface area contributed by atoms with E-state index in [1.807, 2.05) is 19.1 Å². The molecule has 0 aliphatic carbocycles. The Morgan fingerprint density at radius 1 is 1.07 bits per heavy atom. The Morgan fingerprint density at radius 2 is 1.93 bits per heavy atom. The van der Waals surface area contributed by atoms with Gasteiger partial charge in [-0.15, -0.1) is 11.3 Å². The maximum absolute atomic E-state index is 13.5. The van der Waals surface area contributed by atoms with Crippen molar-refractivity contribution in [2.24, 2.45) is 0 Å². The number of rotatable bonds is 3. The summed E-state index contributed by atoms with van der Waals surface area (Å²) < 4.78 is 26.7. The minimum Gasteiger partial charge on any atom is -0.298 e. The number of nitrogens with one attached hydrogen (secondary N) is 1. The molecule has 27 heavy (non-hydrogen) atoms. The molecule has 4 nitrogen and oxygen atoms in total. The number of anilines is 1. The summed E-state index contributed by atoms with van der Waals surface area (Å²) in [4.78, 5) is 22.1. The number of nitrogens with zero attached hydrogens (tertiary/aromatic N) is 2. The molecule has 134 valence electrons. The summed E-state index contributed by atoms with van der Waals surface area (Å²) in [6, 6.07) is 12.5. The topological polar surface area (TPSA) is 54.9 Å². The van der Waals surface area contributed by atoms with E-state index in [0.29, 0.717) is 22.0 Å². The fraction of sp³-hybridized carbons (Fsp3) is 0.0500. The minimum absolute atomic E-state index is 0.306. The van der Waals surface area contributed by atoms with E-state index in [9.17, 15) is 13.6 Å². The molecule has 1 amide bonds. The van der Waals surface area contributed by atoms with Gasteiger partial charge in [-0.3, -0.25) is 15.1 Å². The Labute approximate surface area is 157 Å². The second-order valence-corrected chi connectivity index (χ2v) is 7.09. The van der Waals surface area contributed by atoms with E-state index < -0.39 is 11.6 Å². The molecule has 2 aromatic heterocycles. The van der Waals surface area contributed by atoms with Crippen LogP contribution in [0.5, 0.6) is 0 Å². The third kappa shape index (κ3) is 3.29. The highest BCUT2D eigenvalue weighted by atomic mass is 32.1. The second kappa shape index (κ2) is 6.85. The van der Waals surface area contributed by atoms with Crippen molar-refractivity contribution in [3.63, 3.8) is 0 Å². The molecule has 0 radical (unpaired) electrons. The molecule has 0 aliphatic rings. The van der Waals surface area contributed by atoms with Gasteiger partial charge >= 0.3 is 0 Å². The smallest absolute Gasteiger partial charge is 0.258 e. The standard InChI is InChI=1S/C20H13F2N3OS/c1-11-18(12-7-8-15(21)16(22)10-12)24-20(27-11)25-19(26)14-4-2-6-17-13(14)5-3-9-23-17/h2-10H,1H3,(H,24,25,26). The number of carbonyl (C=O) groups excluding carboxylic acids is 1. The molecule has 0 saturated heterocycles. The van der Waals surface area contributed by atoms with Gasteiger partial charge in [0.2, 0.25) is 0 Å². The molecule has 0 saturated carbocycles. The highest BCUT2D eigenvalue weighted by Gasteiger charge is 2.16. The molecule has 0 aliphatic heterocycles. The lowest BCUT2D eigenvalue weighted by Crippen LogP contribution is -2.12. The van der Waals surface area contributed by atoms with Crippen molar-refractivity contribution in [3.8, 4) is 11.3 Å². The third-order valence-corrected chi connectivity index (χ3v) is 4.99. The highest BCUT2D eigenvalue weighted by Crippen LogP contribution is 2.31. The van der Waals surface area contributed by atoms with Crippen molar-refractivity contribution in [3.05, 3.63) is 76.8 Å². The monoisotopic (exact) mass is 381 g/mol. The van der Waals surface area contributed by atoms with E-state index in [-0.39, 0.29) is 5.91 Å². The van der Waals surface area contributed by atoms with Crippen LogP contribution in [0.25, 0.3) is 22.2 Å². The van der Waals surface area contributed by atoms with Gasteiger partial charge in [0.05, 0.1) is 11.2 Å². The first-order valence-electron chi connectivity index (χ1n) is 8.11. The minimum atomic E-state index is -0.936. The van der Waals surface area contributed by atoms with Crippen LogP contribution >= 0.6 is 11.3 Å². The number of benzene rings is 2. The highest BCUT2D eigenvalue weighted by molar-refractivity contribution is 7.16. The molecule has 0 spiro atoms. The molecule has 0 bridgehead atoms. The Balaban J connectivity index is 1.65. The van der Waals surface area contributed by atoms with Gasteiger partial charge in [-0.25, -0.2) is 13.8 Å². The first kappa shape index (κ1) is 17.2. The van der Waals surface area contributed by atoms with Crippen LogP contribution in [0.2, 0.25) is 0 Å². The fourth-order valence-corrected chi connectivity index (χ4v) is 3.66. The molecule has 0 unspecified atom stereocenters. The van der Waals surface area contributed by atoms with Crippen LogP contribution in [0.4, 0.5) is 13.9 Å². The predicted molar refractivity (Wildman–Crippen MR) is 102 cm³/mol. The lowest BCUT2D eigenvalue weighted by Gasteiger charge is -2.05. The van der Waals surface area contributed by atoms with Crippen molar-refractivity contribution in [2.75, 3.05) is 5.32 Å². The molecule has 2 aromatic carbocycles. The summed E-state index contributed by atoms with van der Waals surface area (Å²) >= 11 is 1.27. The van der Waals surface area contributed by atoms with Gasteiger partial charge in [-0.1, -0.05) is 12.1 Å². The molecule has 0 fully saturated rings. The lowest BCUT2D eigenvalue weighted by atomic mass is 10.1. The average Bonchev–Trinajstić information content (AvgIpc) is 3.03. The van der Waals surface area contributed by atoms with Crippen molar-refractivity contribution in [1.29, 1.82) is 0 Å². The Morgan fingerprint density at radius 3 is 2.74 bits per heavy atom. The number of halogens is 2. The summed E-state index contributed by atoms with van der Waals surface area (Å²) in [5, 5.41) is 3.91. The summed E-state index contributed by atoms with van der Waals surface area (Å²) in [6.07, 6.45) is 1.67. The number of thiazole rings is 1. The number of hydrogen-bond acceptors (Lipinski definition) is 4. The van der Waals surface area contributed by atoms with E-state index in [4.69, 9.17) is 0 Å². The maximum atomic E-state index is 13.5. The molecule has 7 heteroatoms. The lowest BCUT2D eigenvalue weighted by molar-refractivity contribution is 0.102. The first-order valence-corrected chi connectivity index (χ1v) is 8.92. The number of aromatic nitrogens is 2. The molecule has 0 atom stereocenters. The SMILES string of the molecule is Cc1sc(NC(=O)c2cccc3ncccc23)nc1-c1ccc(F)c(F)c1. The number of carbonyl (C=O) groups is 1. The molecule has 4 aromatic rings. The van der Waals surface area contributed by atoms with Crippen molar-refractivity contribution < 1.29 is 13.6 Å². The zero-order valence-electron chi connectivity index (χ0n) is 14.2. The number of hydrogen-bond donors (Lipinski definition) is 1. The van der Waals surface area contributed by atoms with E-state index in [1.54, 1.807) is 24.4 Å². The molecule has 4 rings (SSSR count). The van der Waals surface area contributed by atoms with Crippen molar-refractivity contribution in [2.45, 2.75) is 6.92 Å². The number of pyridine rings is 1. The third-order valence-electron chi connectivity index (χ3n) is 4.10. The van der Waals surface area contributed by atoms with Crippen LogP contribution in [-0.4, -0.2) is 15.9 Å². The maximum Gasteiger partial charge on any atom is 0.258 e. The Kier molecular flexibility index (Phi) is 4.37. The second-order valence-electron chi connectivity index (χ2n) is 5.88. The van der Waals surface area contributed by atoms with Gasteiger partial charge in [-0.2, -0.15) is 0 Å². The van der Waals surface area contributed by atoms with Gasteiger partial charge in [0.1, 0.15) is 0 Å². The van der Waals surface area contributed by atoms with Gasteiger partial charge in [-0.05, 0) is 43.3 Å². The molecule has 1 N–H and O–H groups in total. The van der Waals surface area contributed by atoms with E-state index >= 15 is 0 Å². The summed E-state index contributed by atoms with van der Waals surface area (Å²) in [7, 11) is 0. The van der Waals surface area contributed by atoms with Gasteiger partial charge in [0.25, 0.3) is 5.91 Å². The number of amides is 1. The summed E-state index contributed by atoms with van der Waals surface area (Å²) in [5.41, 5.74) is 2.18. The first-order chi connectivity index (χ1) is 13.0. The van der Waals surface area contributed by atoms with Gasteiger partial charge < -0.3 is 0 Å². The van der Waals surface area contributed by atoms with Crippen LogP contribution in [0.1, 0.15) is 15.2 Å². The van der Waals surface area contributed by atoms with Crippen molar-refractivity contribution in [1.82, 2.24) is 9.97 Å². The number of fused-ring (bicyclic) bond motifs is 1. The summed E-state index contributed by atoms with van der Waals surface area (Å²) in [6.45, 7) is 1.81. The normalized spacial score (nSPS) is 10.9. The van der Waals surface area contributed by atoms with Crippen molar-refractivity contribution >= 4 is 33.3 Å². The summed E-state index contributed by atoms with van der Waals surface area (Å²) in [5.74, 6) is -2.15. The molecular formula is C20H13F2N3OS. The largest absolute Gasteiger partial charge is 0.298 e. The quantitative estimate of drug-likeness (QED) is 0.531. The zero-order valence-corrected chi connectivity index (χ0v) is 15.0. The predicted octanol–water partition coefficient (Wildman–Crippen LogP) is 5.20. The van der Waals surface area contributed by atoms with Crippen LogP contribution in [0.3, 0.4) is 0 Å². The fourth-order valence-electron chi connectivity index (χ4n) is 2.83. The van der Waals surface area contributed by atoms with E-state index in [0.717, 1.165) is 27.9 Å². The van der Waals surface area contributed by atoms with E-state index in [1.165, 1.54) is 17.4 Å². The zero-order chi connectivity index (χ0) is 19.0. The Bertz CT molecular complexity index is 1170. The van der Waals surface area contributed by atoms with E-state index in [2.05, 4.69) is 15.3 Å². The number of aryl methyl sites for hydroxylation is 1. The molecular weight excluding hydrogens is 368 g/mol. The molecule has 2 heterocycles. The van der Waals surface area contributed by atoms with Crippen LogP contribution < -0.4 is 5.32 Å². The average molecular weight is 381 g/mol. The van der Waals surface area contributed by atoms with Crippen LogP contribution in [0.15, 0.2) is 54.7 Å². The van der Waals surface area contributed by atoms with Gasteiger partial charge in [0, 0.05) is 27.6 Å². The van der Waals surface area contributed by atoms with Gasteiger partial charge in [0.15, 0.2) is 16.8 Å².